The maximum Gasteiger partial charge on any atom is 0.290 e. The number of para-hydroxylation sites is 1. The lowest BCUT2D eigenvalue weighted by atomic mass is 9.98. The van der Waals surface area contributed by atoms with Crippen LogP contribution in [0.4, 0.5) is 0 Å². The van der Waals surface area contributed by atoms with E-state index in [4.69, 9.17) is 27.6 Å². The summed E-state index contributed by atoms with van der Waals surface area (Å²) in [7, 11) is 3.96. The molecule has 3 aromatic rings. The zero-order valence-corrected chi connectivity index (χ0v) is 17.6. The third-order valence-corrected chi connectivity index (χ3v) is 5.88. The maximum atomic E-state index is 13.3. The Hall–Kier alpha value is -2.34. The Bertz CT molecular complexity index is 1160. The van der Waals surface area contributed by atoms with Crippen LogP contribution in [0.3, 0.4) is 0 Å². The number of nitrogens with zero attached hydrogens (tertiary/aromatic N) is 2. The second-order valence-corrected chi connectivity index (χ2v) is 8.22. The minimum Gasteiger partial charge on any atom is -0.450 e. The molecule has 0 saturated carbocycles. The van der Waals surface area contributed by atoms with Gasteiger partial charge in [0.1, 0.15) is 5.58 Å². The van der Waals surface area contributed by atoms with Gasteiger partial charge in [-0.1, -0.05) is 41.4 Å². The Morgan fingerprint density at radius 1 is 1.07 bits per heavy atom. The quantitative estimate of drug-likeness (QED) is 0.593. The number of rotatable bonds is 5. The SMILES string of the molecule is CN(C)CCCN1C(=O)c2oc3ccccc3c(=O)c2[C@@H]1c1ccc(Cl)c(Cl)c1. The van der Waals surface area contributed by atoms with Gasteiger partial charge in [0.25, 0.3) is 5.91 Å². The fraction of sp³-hybridized carbons (Fsp3) is 0.273. The molecule has 2 heterocycles. The molecule has 0 aliphatic carbocycles. The number of fused-ring (bicyclic) bond motifs is 2. The Morgan fingerprint density at radius 2 is 1.83 bits per heavy atom. The van der Waals surface area contributed by atoms with Crippen LogP contribution in [-0.2, 0) is 0 Å². The van der Waals surface area contributed by atoms with Crippen molar-refractivity contribution in [3.8, 4) is 0 Å². The van der Waals surface area contributed by atoms with Crippen molar-refractivity contribution < 1.29 is 9.21 Å². The molecule has 7 heteroatoms. The van der Waals surface area contributed by atoms with Gasteiger partial charge in [-0.2, -0.15) is 0 Å². The topological polar surface area (TPSA) is 53.8 Å². The molecule has 5 nitrogen and oxygen atoms in total. The molecule has 0 radical (unpaired) electrons. The Balaban J connectivity index is 1.88. The average molecular weight is 431 g/mol. The highest BCUT2D eigenvalue weighted by Crippen LogP contribution is 2.39. The zero-order valence-electron chi connectivity index (χ0n) is 16.1. The van der Waals surface area contributed by atoms with Crippen molar-refractivity contribution in [2.45, 2.75) is 12.5 Å². The molecular formula is C22H20Cl2N2O3. The van der Waals surface area contributed by atoms with Gasteiger partial charge >= 0.3 is 0 Å². The first-order valence-electron chi connectivity index (χ1n) is 9.35. The number of hydrogen-bond donors (Lipinski definition) is 0. The molecule has 0 bridgehead atoms. The molecule has 0 N–H and O–H groups in total. The Labute approximate surface area is 178 Å². The number of carbonyl (C=O) groups excluding carboxylic acids is 1. The highest BCUT2D eigenvalue weighted by Gasteiger charge is 2.42. The fourth-order valence-corrected chi connectivity index (χ4v) is 4.09. The summed E-state index contributed by atoms with van der Waals surface area (Å²) in [6.07, 6.45) is 0.762. The molecule has 2 aromatic carbocycles. The van der Waals surface area contributed by atoms with Crippen molar-refractivity contribution in [3.63, 3.8) is 0 Å². The molecule has 1 amide bonds. The van der Waals surface area contributed by atoms with E-state index in [1.807, 2.05) is 14.1 Å². The van der Waals surface area contributed by atoms with Crippen LogP contribution in [0, 0.1) is 0 Å². The van der Waals surface area contributed by atoms with Crippen LogP contribution in [0.1, 0.15) is 34.1 Å². The first-order chi connectivity index (χ1) is 13.9. The van der Waals surface area contributed by atoms with Crippen molar-refractivity contribution >= 4 is 40.1 Å². The molecule has 29 heavy (non-hydrogen) atoms. The van der Waals surface area contributed by atoms with Crippen LogP contribution >= 0.6 is 23.2 Å². The molecular weight excluding hydrogens is 411 g/mol. The summed E-state index contributed by atoms with van der Waals surface area (Å²) in [4.78, 5) is 30.3. The second kappa shape index (κ2) is 7.82. The van der Waals surface area contributed by atoms with E-state index >= 15 is 0 Å². The summed E-state index contributed by atoms with van der Waals surface area (Å²) in [6, 6.07) is 11.6. The lowest BCUT2D eigenvalue weighted by Crippen LogP contribution is -2.32. The number of amides is 1. The summed E-state index contributed by atoms with van der Waals surface area (Å²) in [5, 5.41) is 1.26. The predicted molar refractivity (Wildman–Crippen MR) is 115 cm³/mol. The van der Waals surface area contributed by atoms with Crippen LogP contribution in [-0.4, -0.2) is 42.9 Å². The highest BCUT2D eigenvalue weighted by atomic mass is 35.5. The second-order valence-electron chi connectivity index (χ2n) is 7.40. The summed E-state index contributed by atoms with van der Waals surface area (Å²) in [5.74, 6) is -0.174. The number of carbonyl (C=O) groups is 1. The largest absolute Gasteiger partial charge is 0.450 e. The summed E-state index contributed by atoms with van der Waals surface area (Å²) < 4.78 is 5.90. The van der Waals surface area contributed by atoms with E-state index in [0.717, 1.165) is 18.5 Å². The van der Waals surface area contributed by atoms with E-state index < -0.39 is 6.04 Å². The molecule has 150 valence electrons. The number of halogens is 2. The van der Waals surface area contributed by atoms with Gasteiger partial charge in [0.05, 0.1) is 27.0 Å². The van der Waals surface area contributed by atoms with E-state index in [2.05, 4.69) is 4.90 Å². The third kappa shape index (κ3) is 3.54. The molecule has 1 atom stereocenters. The van der Waals surface area contributed by atoms with Crippen molar-refractivity contribution in [3.05, 3.63) is 79.6 Å². The smallest absolute Gasteiger partial charge is 0.290 e. The molecule has 1 aromatic heterocycles. The molecule has 0 saturated heterocycles. The number of benzene rings is 2. The minimum absolute atomic E-state index is 0.106. The molecule has 0 spiro atoms. The minimum atomic E-state index is -0.560. The molecule has 0 fully saturated rings. The average Bonchev–Trinajstić information content (AvgIpc) is 2.96. The van der Waals surface area contributed by atoms with Crippen molar-refractivity contribution in [2.75, 3.05) is 27.2 Å². The zero-order chi connectivity index (χ0) is 20.7. The summed E-state index contributed by atoms with van der Waals surface area (Å²) in [5.41, 5.74) is 1.31. The van der Waals surface area contributed by atoms with Gasteiger partial charge in [-0.25, -0.2) is 0 Å². The van der Waals surface area contributed by atoms with Crippen LogP contribution in [0.2, 0.25) is 10.0 Å². The van der Waals surface area contributed by atoms with E-state index in [0.29, 0.717) is 33.1 Å². The fourth-order valence-electron chi connectivity index (χ4n) is 3.78. The number of hydrogen-bond acceptors (Lipinski definition) is 4. The van der Waals surface area contributed by atoms with Gasteiger partial charge in [-0.05, 0) is 56.9 Å². The van der Waals surface area contributed by atoms with E-state index in [1.165, 1.54) is 0 Å². The molecule has 0 unspecified atom stereocenters. The van der Waals surface area contributed by atoms with Gasteiger partial charge in [-0.15, -0.1) is 0 Å². The molecule has 4 rings (SSSR count). The van der Waals surface area contributed by atoms with Crippen molar-refractivity contribution in [2.24, 2.45) is 0 Å². The Morgan fingerprint density at radius 3 is 2.55 bits per heavy atom. The van der Waals surface area contributed by atoms with Crippen molar-refractivity contribution in [1.82, 2.24) is 9.80 Å². The van der Waals surface area contributed by atoms with Gasteiger partial charge in [0.15, 0.2) is 5.43 Å². The maximum absolute atomic E-state index is 13.3. The Kier molecular flexibility index (Phi) is 5.38. The van der Waals surface area contributed by atoms with Gasteiger partial charge in [-0.3, -0.25) is 9.59 Å². The van der Waals surface area contributed by atoms with Crippen LogP contribution in [0.15, 0.2) is 51.7 Å². The highest BCUT2D eigenvalue weighted by molar-refractivity contribution is 6.42. The van der Waals surface area contributed by atoms with Crippen molar-refractivity contribution in [1.29, 1.82) is 0 Å². The first-order valence-corrected chi connectivity index (χ1v) is 10.1. The van der Waals surface area contributed by atoms with Crippen LogP contribution in [0.5, 0.6) is 0 Å². The van der Waals surface area contributed by atoms with Gasteiger partial charge < -0.3 is 14.2 Å². The van der Waals surface area contributed by atoms with E-state index in [-0.39, 0.29) is 17.1 Å². The summed E-state index contributed by atoms with van der Waals surface area (Å²) in [6.45, 7) is 1.31. The normalized spacial score (nSPS) is 16.1. The van der Waals surface area contributed by atoms with E-state index in [9.17, 15) is 9.59 Å². The third-order valence-electron chi connectivity index (χ3n) is 5.14. The molecule has 1 aliphatic rings. The van der Waals surface area contributed by atoms with Crippen LogP contribution < -0.4 is 5.43 Å². The first kappa shape index (κ1) is 20.0. The predicted octanol–water partition coefficient (Wildman–Crippen LogP) is 4.60. The summed E-state index contributed by atoms with van der Waals surface area (Å²) >= 11 is 12.3. The van der Waals surface area contributed by atoms with Gasteiger partial charge in [0, 0.05) is 6.54 Å². The van der Waals surface area contributed by atoms with Crippen LogP contribution in [0.25, 0.3) is 11.0 Å². The van der Waals surface area contributed by atoms with Gasteiger partial charge in [0.2, 0.25) is 5.76 Å². The van der Waals surface area contributed by atoms with E-state index in [1.54, 1.807) is 47.4 Å². The lowest BCUT2D eigenvalue weighted by Gasteiger charge is -2.26. The molecule has 1 aliphatic heterocycles. The monoisotopic (exact) mass is 430 g/mol. The standard InChI is InChI=1S/C22H20Cl2N2O3/c1-25(2)10-5-11-26-19(13-8-9-15(23)16(24)12-13)18-20(27)14-6-3-4-7-17(14)29-21(18)22(26)28/h3-4,6-9,12,19H,5,10-11H2,1-2H3/t19-/m0/s1. The lowest BCUT2D eigenvalue weighted by molar-refractivity contribution is 0.0722.